The Hall–Kier alpha value is -4.24. The van der Waals surface area contributed by atoms with Crippen molar-refractivity contribution in [3.63, 3.8) is 0 Å². The number of nitrogens with one attached hydrogen (secondary N) is 2. The fourth-order valence-electron chi connectivity index (χ4n) is 4.90. The van der Waals surface area contributed by atoms with E-state index in [-0.39, 0.29) is 23.6 Å². The lowest BCUT2D eigenvalue weighted by Crippen LogP contribution is -2.34. The van der Waals surface area contributed by atoms with Crippen molar-refractivity contribution < 1.29 is 36.6 Å². The molecule has 2 aliphatic rings. The number of rotatable bonds is 9. The molecule has 6 rings (SSSR count). The third-order valence-electron chi connectivity index (χ3n) is 7.19. The monoisotopic (exact) mass is 616 g/mol. The molecule has 1 aliphatic carbocycles. The topological polar surface area (TPSA) is 112 Å². The molecule has 2 aromatic heterocycles. The van der Waals surface area contributed by atoms with Crippen LogP contribution in [0.1, 0.15) is 17.0 Å². The number of ether oxygens (including phenoxy) is 3. The van der Waals surface area contributed by atoms with Crippen molar-refractivity contribution in [3.8, 4) is 17.4 Å². The number of halogens is 4. The SMILES string of the molecule is C[Si](C)(C)CCOCn1cnc2c(Oc3ccc4c(c3)[C@@H]3C(O4)[C@H]3NC(=O)Nc3ccc(F)c(C(F)(F)F)c3)ncnc21. The molecule has 0 radical (unpaired) electrons. The maximum absolute atomic E-state index is 13.6. The van der Waals surface area contributed by atoms with Crippen LogP contribution in [-0.2, 0) is 17.6 Å². The number of imidazole rings is 1. The molecule has 4 aromatic rings. The van der Waals surface area contributed by atoms with E-state index in [1.54, 1.807) is 29.1 Å². The highest BCUT2D eigenvalue weighted by Gasteiger charge is 2.59. The summed E-state index contributed by atoms with van der Waals surface area (Å²) in [5.41, 5.74) is 0.204. The van der Waals surface area contributed by atoms with Gasteiger partial charge in [0.05, 0.1) is 23.9 Å². The van der Waals surface area contributed by atoms with Gasteiger partial charge in [-0.1, -0.05) is 19.6 Å². The van der Waals surface area contributed by atoms with E-state index in [1.165, 1.54) is 6.33 Å². The number of carbonyl (C=O) groups is 1. The molecular weight excluding hydrogens is 588 g/mol. The zero-order chi connectivity index (χ0) is 30.5. The van der Waals surface area contributed by atoms with Crippen LogP contribution in [0, 0.1) is 5.82 Å². The van der Waals surface area contributed by atoms with Crippen LogP contribution in [0.5, 0.6) is 17.4 Å². The molecule has 2 N–H and O–H groups in total. The zero-order valence-electron chi connectivity index (χ0n) is 23.4. The molecule has 1 saturated carbocycles. The Morgan fingerprint density at radius 3 is 2.70 bits per heavy atom. The number of aromatic nitrogens is 4. The third-order valence-corrected chi connectivity index (χ3v) is 8.90. The number of anilines is 1. The first-order chi connectivity index (χ1) is 20.4. The summed E-state index contributed by atoms with van der Waals surface area (Å²) in [6, 6.07) is 7.45. The normalized spacial score (nSPS) is 19.0. The lowest BCUT2D eigenvalue weighted by molar-refractivity contribution is -0.139. The van der Waals surface area contributed by atoms with Gasteiger partial charge in [-0.3, -0.25) is 4.57 Å². The number of fused-ring (bicyclic) bond motifs is 4. The van der Waals surface area contributed by atoms with Gasteiger partial charge in [-0.05, 0) is 42.4 Å². The summed E-state index contributed by atoms with van der Waals surface area (Å²) in [5.74, 6) is -0.215. The Bertz CT molecular complexity index is 1690. The highest BCUT2D eigenvalue weighted by molar-refractivity contribution is 6.76. The van der Waals surface area contributed by atoms with Crippen LogP contribution < -0.4 is 20.1 Å². The fourth-order valence-corrected chi connectivity index (χ4v) is 5.65. The summed E-state index contributed by atoms with van der Waals surface area (Å²) < 4.78 is 72.2. The highest BCUT2D eigenvalue weighted by atomic mass is 28.3. The molecule has 1 fully saturated rings. The Morgan fingerprint density at radius 1 is 1.12 bits per heavy atom. The van der Waals surface area contributed by atoms with Gasteiger partial charge in [-0.2, -0.15) is 18.2 Å². The van der Waals surface area contributed by atoms with Crippen LogP contribution in [0.25, 0.3) is 11.2 Å². The lowest BCUT2D eigenvalue weighted by Gasteiger charge is -2.15. The predicted molar refractivity (Wildman–Crippen MR) is 150 cm³/mol. The highest BCUT2D eigenvalue weighted by Crippen LogP contribution is 2.54. The molecule has 15 heteroatoms. The van der Waals surface area contributed by atoms with Gasteiger partial charge < -0.3 is 24.8 Å². The van der Waals surface area contributed by atoms with E-state index in [0.29, 0.717) is 48.1 Å². The maximum Gasteiger partial charge on any atom is 0.419 e. The first-order valence-electron chi connectivity index (χ1n) is 13.5. The van der Waals surface area contributed by atoms with Gasteiger partial charge >= 0.3 is 12.2 Å². The minimum Gasteiger partial charge on any atom is -0.487 e. The van der Waals surface area contributed by atoms with Crippen molar-refractivity contribution in [3.05, 3.63) is 66.0 Å². The molecule has 0 spiro atoms. The van der Waals surface area contributed by atoms with Gasteiger partial charge in [0.1, 0.15) is 36.5 Å². The molecule has 0 saturated heterocycles. The minimum absolute atomic E-state index is 0.179. The van der Waals surface area contributed by atoms with Gasteiger partial charge in [0.2, 0.25) is 0 Å². The van der Waals surface area contributed by atoms with Crippen LogP contribution in [0.3, 0.4) is 0 Å². The fraction of sp³-hybridized carbons (Fsp3) is 0.357. The van der Waals surface area contributed by atoms with Gasteiger partial charge in [0.15, 0.2) is 11.2 Å². The van der Waals surface area contributed by atoms with Crippen molar-refractivity contribution in [2.45, 2.75) is 56.7 Å². The Labute approximate surface area is 244 Å². The van der Waals surface area contributed by atoms with Gasteiger partial charge in [-0.15, -0.1) is 0 Å². The molecule has 1 unspecified atom stereocenters. The van der Waals surface area contributed by atoms with Crippen LogP contribution in [-0.4, -0.2) is 52.4 Å². The smallest absolute Gasteiger partial charge is 0.419 e. The van der Waals surface area contributed by atoms with E-state index < -0.39 is 37.7 Å². The lowest BCUT2D eigenvalue weighted by atomic mass is 10.1. The van der Waals surface area contributed by atoms with E-state index in [9.17, 15) is 22.4 Å². The van der Waals surface area contributed by atoms with Gasteiger partial charge in [0, 0.05) is 25.9 Å². The third kappa shape index (κ3) is 6.13. The number of nitrogens with zero attached hydrogens (tertiary/aromatic N) is 4. The number of hydrogen-bond donors (Lipinski definition) is 2. The molecule has 3 atom stereocenters. The molecule has 2 aromatic carbocycles. The second kappa shape index (κ2) is 10.8. The Morgan fingerprint density at radius 2 is 1.93 bits per heavy atom. The van der Waals surface area contributed by atoms with Crippen molar-refractivity contribution in [2.24, 2.45) is 0 Å². The first kappa shape index (κ1) is 28.9. The molecule has 10 nitrogen and oxygen atoms in total. The number of benzene rings is 2. The second-order valence-electron chi connectivity index (χ2n) is 11.6. The van der Waals surface area contributed by atoms with Crippen LogP contribution in [0.2, 0.25) is 25.7 Å². The molecule has 43 heavy (non-hydrogen) atoms. The van der Waals surface area contributed by atoms with E-state index in [1.807, 2.05) is 0 Å². The summed E-state index contributed by atoms with van der Waals surface area (Å²) in [7, 11) is -1.21. The minimum atomic E-state index is -4.89. The van der Waals surface area contributed by atoms with Gasteiger partial charge in [0.25, 0.3) is 5.88 Å². The summed E-state index contributed by atoms with van der Waals surface area (Å²) in [5, 5.41) is 5.03. The summed E-state index contributed by atoms with van der Waals surface area (Å²) in [4.78, 5) is 25.5. The summed E-state index contributed by atoms with van der Waals surface area (Å²) in [6.45, 7) is 7.83. The van der Waals surface area contributed by atoms with Gasteiger partial charge in [-0.25, -0.2) is 19.2 Å². The Kier molecular flexibility index (Phi) is 7.24. The number of alkyl halides is 3. The van der Waals surface area contributed by atoms with Crippen LogP contribution in [0.15, 0.2) is 49.1 Å². The van der Waals surface area contributed by atoms with Crippen molar-refractivity contribution >= 4 is 31.0 Å². The van der Waals surface area contributed by atoms with E-state index in [2.05, 4.69) is 45.2 Å². The number of urea groups is 1. The largest absolute Gasteiger partial charge is 0.487 e. The molecule has 0 bridgehead atoms. The van der Waals surface area contributed by atoms with Crippen LogP contribution in [0.4, 0.5) is 28.0 Å². The van der Waals surface area contributed by atoms with E-state index in [0.717, 1.165) is 17.7 Å². The van der Waals surface area contributed by atoms with E-state index >= 15 is 0 Å². The number of carbonyl (C=O) groups excluding carboxylic acids is 1. The number of amides is 2. The molecule has 226 valence electrons. The standard InChI is InChI=1S/C28H28F4N6O4Si/c1-43(2,3)9-8-40-14-38-13-35-23-25(38)33-12-34-26(23)41-16-5-7-20-17(11-16)21-22(24(21)42-20)37-27(39)36-15-4-6-19(29)18(10-15)28(30,31)32/h4-7,10-13,21-22,24H,8-9,14H2,1-3H3,(H2,36,37,39)/t21-,22-,24?/m0/s1. The van der Waals surface area contributed by atoms with Crippen LogP contribution >= 0.6 is 0 Å². The number of hydrogen-bond acceptors (Lipinski definition) is 7. The maximum atomic E-state index is 13.6. The Balaban J connectivity index is 1.10. The predicted octanol–water partition coefficient (Wildman–Crippen LogP) is 6.14. The quantitative estimate of drug-likeness (QED) is 0.132. The van der Waals surface area contributed by atoms with E-state index in [4.69, 9.17) is 14.2 Å². The first-order valence-corrected chi connectivity index (χ1v) is 17.2. The second-order valence-corrected chi connectivity index (χ2v) is 17.3. The van der Waals surface area contributed by atoms with Crippen molar-refractivity contribution in [1.82, 2.24) is 24.8 Å². The average molecular weight is 617 g/mol. The molecular formula is C28H28F4N6O4Si. The molecule has 3 heterocycles. The average Bonchev–Trinajstić information content (AvgIpc) is 3.24. The van der Waals surface area contributed by atoms with Crippen molar-refractivity contribution in [1.29, 1.82) is 0 Å². The molecule has 2 amide bonds. The molecule has 1 aliphatic heterocycles. The summed E-state index contributed by atoms with van der Waals surface area (Å²) in [6.07, 6.45) is -2.20. The zero-order valence-corrected chi connectivity index (χ0v) is 24.4. The van der Waals surface area contributed by atoms with Crippen molar-refractivity contribution in [2.75, 3.05) is 11.9 Å². The summed E-state index contributed by atoms with van der Waals surface area (Å²) >= 11 is 0.